The molecule has 0 bridgehead atoms. The largest absolute Gasteiger partial charge is 0.494 e. The van der Waals surface area contributed by atoms with Crippen LogP contribution in [0.4, 0.5) is 5.69 Å². The molecule has 2 rings (SSSR count). The number of aryl methyl sites for hydroxylation is 1. The van der Waals surface area contributed by atoms with Gasteiger partial charge in [-0.3, -0.25) is 14.3 Å². The van der Waals surface area contributed by atoms with Crippen LogP contribution in [0.1, 0.15) is 23.8 Å². The zero-order chi connectivity index (χ0) is 15.9. The number of ether oxygens (including phenoxy) is 1. The molecule has 1 heterocycles. The van der Waals surface area contributed by atoms with Crippen LogP contribution >= 0.6 is 0 Å². The SMILES string of the molecule is CCOc1ccc(NC(=O)c2ccn(CCC(=O)O)n2)cc1. The highest BCUT2D eigenvalue weighted by molar-refractivity contribution is 6.02. The van der Waals surface area contributed by atoms with Crippen molar-refractivity contribution in [3.05, 3.63) is 42.2 Å². The van der Waals surface area contributed by atoms with Crippen molar-refractivity contribution in [2.24, 2.45) is 0 Å². The number of anilines is 1. The van der Waals surface area contributed by atoms with Gasteiger partial charge >= 0.3 is 5.97 Å². The number of benzene rings is 1. The molecular formula is C15H17N3O4. The second-order valence-electron chi connectivity index (χ2n) is 4.52. The Labute approximate surface area is 127 Å². The summed E-state index contributed by atoms with van der Waals surface area (Å²) >= 11 is 0. The molecular weight excluding hydrogens is 286 g/mol. The molecule has 0 fully saturated rings. The molecule has 0 atom stereocenters. The third-order valence-electron chi connectivity index (χ3n) is 2.85. The van der Waals surface area contributed by atoms with Gasteiger partial charge in [-0.2, -0.15) is 5.10 Å². The van der Waals surface area contributed by atoms with E-state index in [9.17, 15) is 9.59 Å². The smallest absolute Gasteiger partial charge is 0.305 e. The monoisotopic (exact) mass is 303 g/mol. The minimum atomic E-state index is -0.907. The summed E-state index contributed by atoms with van der Waals surface area (Å²) in [5, 5.41) is 15.4. The topological polar surface area (TPSA) is 93.5 Å². The van der Waals surface area contributed by atoms with Gasteiger partial charge in [-0.15, -0.1) is 0 Å². The van der Waals surface area contributed by atoms with Crippen LogP contribution in [0.5, 0.6) is 5.75 Å². The first-order valence-electron chi connectivity index (χ1n) is 6.88. The Bertz CT molecular complexity index is 649. The van der Waals surface area contributed by atoms with Crippen molar-refractivity contribution in [3.8, 4) is 5.75 Å². The standard InChI is InChI=1S/C15H17N3O4/c1-2-22-12-5-3-11(4-6-12)16-15(21)13-7-9-18(17-13)10-8-14(19)20/h3-7,9H,2,8,10H2,1H3,(H,16,21)(H,19,20). The average molecular weight is 303 g/mol. The van der Waals surface area contributed by atoms with E-state index in [2.05, 4.69) is 10.4 Å². The van der Waals surface area contributed by atoms with Gasteiger partial charge < -0.3 is 15.2 Å². The van der Waals surface area contributed by atoms with Crippen molar-refractivity contribution in [3.63, 3.8) is 0 Å². The lowest BCUT2D eigenvalue weighted by molar-refractivity contribution is -0.137. The molecule has 0 aliphatic carbocycles. The molecule has 1 aromatic heterocycles. The summed E-state index contributed by atoms with van der Waals surface area (Å²) in [4.78, 5) is 22.5. The number of carboxylic acids is 1. The molecule has 0 radical (unpaired) electrons. The Kier molecular flexibility index (Phi) is 5.13. The molecule has 7 nitrogen and oxygen atoms in total. The van der Waals surface area contributed by atoms with Crippen molar-refractivity contribution in [1.29, 1.82) is 0 Å². The Balaban J connectivity index is 1.95. The fourth-order valence-corrected chi connectivity index (χ4v) is 1.81. The van der Waals surface area contributed by atoms with E-state index in [1.165, 1.54) is 4.68 Å². The zero-order valence-corrected chi connectivity index (χ0v) is 12.2. The van der Waals surface area contributed by atoms with E-state index in [0.717, 1.165) is 5.75 Å². The van der Waals surface area contributed by atoms with E-state index in [1.807, 2.05) is 6.92 Å². The molecule has 0 aliphatic heterocycles. The summed E-state index contributed by atoms with van der Waals surface area (Å²) in [6.07, 6.45) is 1.54. The molecule has 0 aliphatic rings. The van der Waals surface area contributed by atoms with Crippen LogP contribution in [0.2, 0.25) is 0 Å². The predicted octanol–water partition coefficient (Wildman–Crippen LogP) is 2.01. The first-order chi connectivity index (χ1) is 10.6. The molecule has 0 spiro atoms. The van der Waals surface area contributed by atoms with Gasteiger partial charge in [-0.25, -0.2) is 0 Å². The number of carbonyl (C=O) groups is 2. The van der Waals surface area contributed by atoms with Crippen LogP contribution in [0, 0.1) is 0 Å². The molecule has 22 heavy (non-hydrogen) atoms. The van der Waals surface area contributed by atoms with Gasteiger partial charge in [0.1, 0.15) is 5.75 Å². The number of nitrogens with zero attached hydrogens (tertiary/aromatic N) is 2. The number of rotatable bonds is 7. The second-order valence-corrected chi connectivity index (χ2v) is 4.52. The minimum absolute atomic E-state index is 0.0400. The summed E-state index contributed by atoms with van der Waals surface area (Å²) in [7, 11) is 0. The van der Waals surface area contributed by atoms with Crippen molar-refractivity contribution in [2.75, 3.05) is 11.9 Å². The van der Waals surface area contributed by atoms with Crippen LogP contribution in [0.15, 0.2) is 36.5 Å². The molecule has 2 aromatic rings. The van der Waals surface area contributed by atoms with Crippen LogP contribution < -0.4 is 10.1 Å². The lowest BCUT2D eigenvalue weighted by Gasteiger charge is -2.06. The Morgan fingerprint density at radius 2 is 2.00 bits per heavy atom. The molecule has 0 unspecified atom stereocenters. The van der Waals surface area contributed by atoms with Crippen molar-refractivity contribution >= 4 is 17.6 Å². The van der Waals surface area contributed by atoms with Gasteiger partial charge in [0.05, 0.1) is 19.6 Å². The first-order valence-corrected chi connectivity index (χ1v) is 6.88. The summed E-state index contributed by atoms with van der Waals surface area (Å²) in [6, 6.07) is 8.57. The van der Waals surface area contributed by atoms with Crippen LogP contribution in [0.3, 0.4) is 0 Å². The average Bonchev–Trinajstić information content (AvgIpc) is 2.96. The molecule has 2 N–H and O–H groups in total. The Morgan fingerprint density at radius 3 is 2.64 bits per heavy atom. The Hall–Kier alpha value is -2.83. The summed E-state index contributed by atoms with van der Waals surface area (Å²) in [6.45, 7) is 2.71. The Morgan fingerprint density at radius 1 is 1.27 bits per heavy atom. The van der Waals surface area contributed by atoms with E-state index in [0.29, 0.717) is 12.3 Å². The fraction of sp³-hybridized carbons (Fsp3) is 0.267. The maximum absolute atomic E-state index is 12.0. The number of hydrogen-bond acceptors (Lipinski definition) is 4. The summed E-state index contributed by atoms with van der Waals surface area (Å²) in [5.74, 6) is -0.521. The normalized spacial score (nSPS) is 10.2. The van der Waals surface area contributed by atoms with E-state index < -0.39 is 5.97 Å². The maximum Gasteiger partial charge on any atom is 0.305 e. The molecule has 0 saturated heterocycles. The lowest BCUT2D eigenvalue weighted by Crippen LogP contribution is -2.13. The predicted molar refractivity (Wildman–Crippen MR) is 80.0 cm³/mol. The van der Waals surface area contributed by atoms with Gasteiger partial charge in [0.15, 0.2) is 5.69 Å². The molecule has 0 saturated carbocycles. The number of carbonyl (C=O) groups excluding carboxylic acids is 1. The highest BCUT2D eigenvalue weighted by Crippen LogP contribution is 2.16. The highest BCUT2D eigenvalue weighted by Gasteiger charge is 2.10. The number of aromatic nitrogens is 2. The van der Waals surface area contributed by atoms with Gasteiger partial charge in [0, 0.05) is 11.9 Å². The summed E-state index contributed by atoms with van der Waals surface area (Å²) in [5.41, 5.74) is 0.868. The van der Waals surface area contributed by atoms with E-state index in [1.54, 1.807) is 36.5 Å². The van der Waals surface area contributed by atoms with E-state index in [-0.39, 0.29) is 24.6 Å². The van der Waals surface area contributed by atoms with E-state index in [4.69, 9.17) is 9.84 Å². The van der Waals surface area contributed by atoms with Gasteiger partial charge in [-0.1, -0.05) is 0 Å². The summed E-state index contributed by atoms with van der Waals surface area (Å²) < 4.78 is 6.76. The number of aliphatic carboxylic acids is 1. The molecule has 1 amide bonds. The highest BCUT2D eigenvalue weighted by atomic mass is 16.5. The fourth-order valence-electron chi connectivity index (χ4n) is 1.81. The third-order valence-corrected chi connectivity index (χ3v) is 2.85. The molecule has 116 valence electrons. The molecule has 1 aromatic carbocycles. The number of nitrogens with one attached hydrogen (secondary N) is 1. The number of carboxylic acid groups (broad SMARTS) is 1. The molecule has 7 heteroatoms. The second kappa shape index (κ2) is 7.26. The quantitative estimate of drug-likeness (QED) is 0.816. The first kappa shape index (κ1) is 15.6. The van der Waals surface area contributed by atoms with Crippen molar-refractivity contribution in [2.45, 2.75) is 19.9 Å². The van der Waals surface area contributed by atoms with E-state index >= 15 is 0 Å². The van der Waals surface area contributed by atoms with Gasteiger partial charge in [0.2, 0.25) is 0 Å². The van der Waals surface area contributed by atoms with Crippen LogP contribution in [-0.4, -0.2) is 33.4 Å². The van der Waals surface area contributed by atoms with Crippen molar-refractivity contribution < 1.29 is 19.4 Å². The van der Waals surface area contributed by atoms with Crippen LogP contribution in [0.25, 0.3) is 0 Å². The van der Waals surface area contributed by atoms with Gasteiger partial charge in [-0.05, 0) is 37.3 Å². The van der Waals surface area contributed by atoms with Crippen molar-refractivity contribution in [1.82, 2.24) is 9.78 Å². The maximum atomic E-state index is 12.0. The third kappa shape index (κ3) is 4.34. The zero-order valence-electron chi connectivity index (χ0n) is 12.2. The number of hydrogen-bond donors (Lipinski definition) is 2. The minimum Gasteiger partial charge on any atom is -0.494 e. The van der Waals surface area contributed by atoms with Gasteiger partial charge in [0.25, 0.3) is 5.91 Å². The lowest BCUT2D eigenvalue weighted by atomic mass is 10.3. The van der Waals surface area contributed by atoms with Crippen LogP contribution in [-0.2, 0) is 11.3 Å². The number of amides is 1.